The molecule has 0 aromatic rings. The van der Waals surface area contributed by atoms with E-state index in [2.05, 4.69) is 5.32 Å². The Bertz CT molecular complexity index is 323. The molecule has 0 amide bonds. The third kappa shape index (κ3) is 3.14. The normalized spacial score (nSPS) is 32.9. The fourth-order valence-electron chi connectivity index (χ4n) is 1.57. The van der Waals surface area contributed by atoms with Gasteiger partial charge in [-0.3, -0.25) is 0 Å². The fraction of sp³-hybridized carbons (Fsp3) is 1.00. The lowest BCUT2D eigenvalue weighted by molar-refractivity contribution is 0.0693. The minimum absolute atomic E-state index is 0.0652. The van der Waals surface area contributed by atoms with Gasteiger partial charge in [0.2, 0.25) is 0 Å². The van der Waals surface area contributed by atoms with Crippen LogP contribution in [-0.2, 0) is 9.84 Å². The largest absolute Gasteiger partial charge is 0.392 e. The predicted octanol–water partition coefficient (Wildman–Crippen LogP) is -1.11. The molecule has 90 valence electrons. The first-order chi connectivity index (χ1) is 6.64. The summed E-state index contributed by atoms with van der Waals surface area (Å²) in [6.45, 7) is 5.17. The topological polar surface area (TPSA) is 86.6 Å². The van der Waals surface area contributed by atoms with E-state index in [1.54, 1.807) is 20.8 Å². The summed E-state index contributed by atoms with van der Waals surface area (Å²) >= 11 is 0. The Morgan fingerprint density at radius 3 is 2.27 bits per heavy atom. The van der Waals surface area contributed by atoms with Crippen molar-refractivity contribution in [1.82, 2.24) is 5.32 Å². The number of hydrogen-bond acceptors (Lipinski definition) is 5. The second kappa shape index (κ2) is 4.01. The van der Waals surface area contributed by atoms with Crippen LogP contribution in [0.2, 0.25) is 0 Å². The number of rotatable bonds is 3. The van der Waals surface area contributed by atoms with Gasteiger partial charge in [-0.2, -0.15) is 0 Å². The fourth-order valence-corrected chi connectivity index (χ4v) is 3.31. The molecule has 0 saturated carbocycles. The van der Waals surface area contributed by atoms with Gasteiger partial charge in [0.05, 0.1) is 23.7 Å². The van der Waals surface area contributed by atoms with Gasteiger partial charge >= 0.3 is 0 Å². The maximum Gasteiger partial charge on any atom is 0.154 e. The average molecular weight is 237 g/mol. The van der Waals surface area contributed by atoms with E-state index < -0.39 is 33.6 Å². The Hall–Kier alpha value is -0.170. The molecule has 15 heavy (non-hydrogen) atoms. The van der Waals surface area contributed by atoms with E-state index in [1.165, 1.54) is 0 Å². The van der Waals surface area contributed by atoms with Crippen LogP contribution in [0.3, 0.4) is 0 Å². The van der Waals surface area contributed by atoms with Gasteiger partial charge < -0.3 is 15.5 Å². The molecule has 1 saturated heterocycles. The van der Waals surface area contributed by atoms with Crippen molar-refractivity contribution in [1.29, 1.82) is 0 Å². The van der Waals surface area contributed by atoms with Crippen LogP contribution in [0.4, 0.5) is 0 Å². The van der Waals surface area contributed by atoms with Crippen molar-refractivity contribution in [3.05, 3.63) is 0 Å². The first-order valence-corrected chi connectivity index (χ1v) is 6.80. The summed E-state index contributed by atoms with van der Waals surface area (Å²) in [4.78, 5) is 0. The van der Waals surface area contributed by atoms with Gasteiger partial charge in [0.25, 0.3) is 0 Å². The van der Waals surface area contributed by atoms with Crippen LogP contribution in [0, 0.1) is 0 Å². The molecule has 3 N–H and O–H groups in total. The Labute approximate surface area is 90.4 Å². The van der Waals surface area contributed by atoms with Crippen LogP contribution in [0.25, 0.3) is 0 Å². The number of aliphatic hydroxyl groups is 2. The van der Waals surface area contributed by atoms with Crippen molar-refractivity contribution < 1.29 is 18.6 Å². The molecule has 0 radical (unpaired) electrons. The highest BCUT2D eigenvalue weighted by atomic mass is 32.2. The molecule has 1 aliphatic heterocycles. The minimum atomic E-state index is -3.14. The third-order valence-electron chi connectivity index (χ3n) is 2.92. The molecule has 1 fully saturated rings. The van der Waals surface area contributed by atoms with Gasteiger partial charge in [0.1, 0.15) is 0 Å². The molecule has 3 unspecified atom stereocenters. The second-order valence-electron chi connectivity index (χ2n) is 4.79. The Morgan fingerprint density at radius 1 is 1.40 bits per heavy atom. The van der Waals surface area contributed by atoms with Crippen LogP contribution in [0.15, 0.2) is 0 Å². The predicted molar refractivity (Wildman–Crippen MR) is 57.3 cm³/mol. The molecule has 5 nitrogen and oxygen atoms in total. The molecule has 0 aromatic heterocycles. The smallest absolute Gasteiger partial charge is 0.154 e. The van der Waals surface area contributed by atoms with Crippen molar-refractivity contribution in [2.75, 3.05) is 11.5 Å². The zero-order chi connectivity index (χ0) is 11.9. The van der Waals surface area contributed by atoms with E-state index in [9.17, 15) is 18.6 Å². The van der Waals surface area contributed by atoms with E-state index in [0.29, 0.717) is 0 Å². The molecular formula is C9H19NO4S. The standard InChI is InChI=1S/C9H19NO4S/c1-6(11)9(2,3)10-7-4-15(13,14)5-8(7)12/h6-8,10-12H,4-5H2,1-3H3. The van der Waals surface area contributed by atoms with Gasteiger partial charge in [0.15, 0.2) is 9.84 Å². The summed E-state index contributed by atoms with van der Waals surface area (Å²) in [5, 5.41) is 22.0. The highest BCUT2D eigenvalue weighted by Crippen LogP contribution is 2.17. The number of sulfone groups is 1. The Morgan fingerprint density at radius 2 is 1.93 bits per heavy atom. The molecule has 6 heteroatoms. The number of aliphatic hydroxyl groups excluding tert-OH is 2. The zero-order valence-corrected chi connectivity index (χ0v) is 10.1. The van der Waals surface area contributed by atoms with Crippen LogP contribution >= 0.6 is 0 Å². The molecule has 1 heterocycles. The van der Waals surface area contributed by atoms with Gasteiger partial charge in [0, 0.05) is 11.6 Å². The lowest BCUT2D eigenvalue weighted by atomic mass is 9.97. The van der Waals surface area contributed by atoms with Crippen molar-refractivity contribution in [3.8, 4) is 0 Å². The van der Waals surface area contributed by atoms with Crippen LogP contribution < -0.4 is 5.32 Å². The van der Waals surface area contributed by atoms with Crippen LogP contribution in [0.1, 0.15) is 20.8 Å². The molecule has 0 bridgehead atoms. The first kappa shape index (κ1) is 12.9. The Balaban J connectivity index is 2.69. The molecule has 0 aromatic carbocycles. The molecule has 3 atom stereocenters. The monoisotopic (exact) mass is 237 g/mol. The lowest BCUT2D eigenvalue weighted by Gasteiger charge is -2.33. The van der Waals surface area contributed by atoms with E-state index in [4.69, 9.17) is 0 Å². The Kier molecular flexibility index (Phi) is 3.45. The molecule has 1 aliphatic rings. The van der Waals surface area contributed by atoms with E-state index >= 15 is 0 Å². The van der Waals surface area contributed by atoms with E-state index in [0.717, 1.165) is 0 Å². The molecule has 0 spiro atoms. The van der Waals surface area contributed by atoms with Crippen LogP contribution in [-0.4, -0.2) is 53.9 Å². The molecule has 0 aliphatic carbocycles. The summed E-state index contributed by atoms with van der Waals surface area (Å²) in [6.07, 6.45) is -1.50. The highest BCUT2D eigenvalue weighted by Gasteiger charge is 2.39. The van der Waals surface area contributed by atoms with Crippen molar-refractivity contribution >= 4 is 9.84 Å². The summed E-state index contributed by atoms with van der Waals surface area (Å²) in [5.74, 6) is -0.259. The minimum Gasteiger partial charge on any atom is -0.392 e. The van der Waals surface area contributed by atoms with Gasteiger partial charge in [-0.15, -0.1) is 0 Å². The number of hydrogen-bond donors (Lipinski definition) is 3. The van der Waals surface area contributed by atoms with Gasteiger partial charge in [-0.25, -0.2) is 8.42 Å². The summed E-state index contributed by atoms with van der Waals surface area (Å²) in [5.41, 5.74) is -0.606. The molecule has 1 rings (SSSR count). The van der Waals surface area contributed by atoms with Crippen molar-refractivity contribution in [2.45, 2.75) is 44.6 Å². The second-order valence-corrected chi connectivity index (χ2v) is 6.95. The van der Waals surface area contributed by atoms with Gasteiger partial charge in [-0.05, 0) is 20.8 Å². The first-order valence-electron chi connectivity index (χ1n) is 4.98. The zero-order valence-electron chi connectivity index (χ0n) is 9.27. The van der Waals surface area contributed by atoms with Crippen LogP contribution in [0.5, 0.6) is 0 Å². The SMILES string of the molecule is CC(O)C(C)(C)NC1CS(=O)(=O)CC1O. The lowest BCUT2D eigenvalue weighted by Crippen LogP contribution is -2.56. The third-order valence-corrected chi connectivity index (χ3v) is 4.64. The summed E-state index contributed by atoms with van der Waals surface area (Å²) < 4.78 is 22.5. The quantitative estimate of drug-likeness (QED) is 0.579. The van der Waals surface area contributed by atoms with Crippen molar-refractivity contribution in [3.63, 3.8) is 0 Å². The maximum absolute atomic E-state index is 11.2. The highest BCUT2D eigenvalue weighted by molar-refractivity contribution is 7.91. The van der Waals surface area contributed by atoms with E-state index in [-0.39, 0.29) is 11.5 Å². The van der Waals surface area contributed by atoms with Gasteiger partial charge in [-0.1, -0.05) is 0 Å². The number of nitrogens with one attached hydrogen (secondary N) is 1. The maximum atomic E-state index is 11.2. The van der Waals surface area contributed by atoms with E-state index in [1.807, 2.05) is 0 Å². The van der Waals surface area contributed by atoms with Crippen molar-refractivity contribution in [2.24, 2.45) is 0 Å². The average Bonchev–Trinajstić information content (AvgIpc) is 2.23. The molecular weight excluding hydrogens is 218 g/mol. The summed E-state index contributed by atoms with van der Waals surface area (Å²) in [6, 6.07) is -0.486. The summed E-state index contributed by atoms with van der Waals surface area (Å²) in [7, 11) is -3.14.